The van der Waals surface area contributed by atoms with E-state index < -0.39 is 34.6 Å². The van der Waals surface area contributed by atoms with Crippen molar-refractivity contribution in [3.8, 4) is 5.75 Å². The number of ether oxygens (including phenoxy) is 1. The number of hydrogen-bond acceptors (Lipinski definition) is 5. The van der Waals surface area contributed by atoms with Crippen molar-refractivity contribution < 1.29 is 27.8 Å². The zero-order valence-corrected chi connectivity index (χ0v) is 20.7. The van der Waals surface area contributed by atoms with Gasteiger partial charge in [-0.15, -0.1) is 0 Å². The molecule has 0 radical (unpaired) electrons. The van der Waals surface area contributed by atoms with Crippen molar-refractivity contribution >= 4 is 23.0 Å². The molecule has 1 aliphatic heterocycles. The first kappa shape index (κ1) is 26.9. The highest BCUT2D eigenvalue weighted by Gasteiger charge is 2.44. The van der Waals surface area contributed by atoms with Crippen LogP contribution in [0.5, 0.6) is 5.75 Å². The fourth-order valence-electron chi connectivity index (χ4n) is 3.80. The van der Waals surface area contributed by atoms with E-state index in [0.29, 0.717) is 11.3 Å². The molecular weight excluding hydrogens is 471 g/mol. The first-order valence-corrected chi connectivity index (χ1v) is 11.6. The predicted octanol–water partition coefficient (Wildman–Crippen LogP) is 5.49. The summed E-state index contributed by atoms with van der Waals surface area (Å²) < 4.78 is 48.0. The molecule has 3 N–H and O–H groups in total. The largest absolute Gasteiger partial charge is 0.497 e. The van der Waals surface area contributed by atoms with Gasteiger partial charge < -0.3 is 25.4 Å². The van der Waals surface area contributed by atoms with Crippen LogP contribution in [0.4, 0.5) is 30.2 Å². The first-order chi connectivity index (χ1) is 17.2. The molecule has 1 fully saturated rings. The minimum absolute atomic E-state index is 0.0138. The summed E-state index contributed by atoms with van der Waals surface area (Å²) >= 11 is 0. The molecule has 0 unspecified atom stereocenters. The SMILES string of the molecule is CC.COc1cccc(NCC2(O)CN(C(=O)c3ccc(F)c(F)c3Nc3ccc(C)cc3F)C2)c1. The van der Waals surface area contributed by atoms with E-state index in [9.17, 15) is 23.1 Å². The molecule has 0 spiro atoms. The fraction of sp³-hybridized carbons (Fsp3) is 0.296. The standard InChI is InChI=1S/C25H24F3N3O3.C2H6/c1-15-6-9-21(20(27)10-15)30-23-18(7-8-19(26)22(23)28)24(32)31-13-25(33,14-31)12-29-16-4-3-5-17(11-16)34-2;1-2/h3-11,29-30,33H,12-14H2,1-2H3;1-2H3. The Morgan fingerprint density at radius 2 is 1.78 bits per heavy atom. The van der Waals surface area contributed by atoms with Crippen molar-refractivity contribution in [2.24, 2.45) is 0 Å². The van der Waals surface area contributed by atoms with E-state index in [1.54, 1.807) is 38.3 Å². The summed E-state index contributed by atoms with van der Waals surface area (Å²) in [6.45, 7) is 5.83. The number of carbonyl (C=O) groups is 1. The zero-order valence-electron chi connectivity index (χ0n) is 20.7. The Hall–Kier alpha value is -3.72. The maximum Gasteiger partial charge on any atom is 0.256 e. The number of β-amino-alcohol motifs (C(OH)–C–C–N with tert-alkyl or cyclic N) is 1. The highest BCUT2D eigenvalue weighted by atomic mass is 19.2. The molecule has 9 heteroatoms. The number of benzene rings is 3. The molecule has 3 aromatic carbocycles. The van der Waals surface area contributed by atoms with Crippen LogP contribution in [-0.2, 0) is 0 Å². The second-order valence-corrected chi connectivity index (χ2v) is 8.36. The maximum absolute atomic E-state index is 14.6. The molecule has 4 rings (SSSR count). The summed E-state index contributed by atoms with van der Waals surface area (Å²) in [6.07, 6.45) is 0. The molecule has 1 aliphatic rings. The average Bonchev–Trinajstić information content (AvgIpc) is 2.86. The van der Waals surface area contributed by atoms with Crippen molar-refractivity contribution in [2.45, 2.75) is 26.4 Å². The van der Waals surface area contributed by atoms with Gasteiger partial charge in [0.15, 0.2) is 11.6 Å². The number of halogens is 3. The van der Waals surface area contributed by atoms with Crippen LogP contribution in [0.15, 0.2) is 54.6 Å². The van der Waals surface area contributed by atoms with Crippen LogP contribution in [0, 0.1) is 24.4 Å². The number of aliphatic hydroxyl groups is 1. The van der Waals surface area contributed by atoms with Crippen molar-refractivity contribution in [3.63, 3.8) is 0 Å². The van der Waals surface area contributed by atoms with Gasteiger partial charge in [-0.1, -0.05) is 26.0 Å². The van der Waals surface area contributed by atoms with Gasteiger partial charge in [-0.05, 0) is 48.9 Å². The van der Waals surface area contributed by atoms with Crippen LogP contribution in [-0.4, -0.2) is 48.3 Å². The summed E-state index contributed by atoms with van der Waals surface area (Å²) in [4.78, 5) is 14.4. The van der Waals surface area contributed by atoms with Crippen molar-refractivity contribution in [2.75, 3.05) is 37.4 Å². The quantitative estimate of drug-likeness (QED) is 0.399. The second-order valence-electron chi connectivity index (χ2n) is 8.36. The predicted molar refractivity (Wildman–Crippen MR) is 134 cm³/mol. The number of aryl methyl sites for hydroxylation is 1. The third kappa shape index (κ3) is 5.91. The summed E-state index contributed by atoms with van der Waals surface area (Å²) in [5.41, 5.74) is -0.522. The normalized spacial score (nSPS) is 13.7. The number of methoxy groups -OCH3 is 1. The fourth-order valence-corrected chi connectivity index (χ4v) is 3.80. The topological polar surface area (TPSA) is 73.8 Å². The number of carbonyl (C=O) groups excluding carboxylic acids is 1. The molecule has 0 saturated carbocycles. The zero-order chi connectivity index (χ0) is 26.5. The van der Waals surface area contributed by atoms with Crippen molar-refractivity contribution in [3.05, 3.63) is 83.2 Å². The maximum atomic E-state index is 14.6. The third-order valence-electron chi connectivity index (χ3n) is 5.66. The Bertz CT molecular complexity index is 1230. The minimum Gasteiger partial charge on any atom is -0.497 e. The van der Waals surface area contributed by atoms with Crippen LogP contribution in [0.3, 0.4) is 0 Å². The highest BCUT2D eigenvalue weighted by Crippen LogP contribution is 2.32. The van der Waals surface area contributed by atoms with Gasteiger partial charge in [-0.25, -0.2) is 13.2 Å². The third-order valence-corrected chi connectivity index (χ3v) is 5.66. The van der Waals surface area contributed by atoms with E-state index in [4.69, 9.17) is 4.74 Å². The summed E-state index contributed by atoms with van der Waals surface area (Å²) in [5, 5.41) is 16.4. The molecule has 0 aliphatic carbocycles. The summed E-state index contributed by atoms with van der Waals surface area (Å²) in [6, 6.07) is 13.4. The van der Waals surface area contributed by atoms with E-state index in [1.807, 2.05) is 19.9 Å². The van der Waals surface area contributed by atoms with Gasteiger partial charge >= 0.3 is 0 Å². The van der Waals surface area contributed by atoms with E-state index in [2.05, 4.69) is 10.6 Å². The van der Waals surface area contributed by atoms with Gasteiger partial charge in [0, 0.05) is 18.3 Å². The van der Waals surface area contributed by atoms with Gasteiger partial charge in [0.05, 0.1) is 37.1 Å². The molecule has 0 aromatic heterocycles. The Labute approximate surface area is 208 Å². The minimum atomic E-state index is -1.29. The molecule has 0 bridgehead atoms. The van der Waals surface area contributed by atoms with E-state index >= 15 is 0 Å². The van der Waals surface area contributed by atoms with E-state index in [-0.39, 0.29) is 30.9 Å². The lowest BCUT2D eigenvalue weighted by atomic mass is 9.92. The lowest BCUT2D eigenvalue weighted by Crippen LogP contribution is -2.66. The number of likely N-dealkylation sites (tertiary alicyclic amines) is 1. The van der Waals surface area contributed by atoms with Gasteiger partial charge in [0.25, 0.3) is 5.91 Å². The molecule has 36 heavy (non-hydrogen) atoms. The molecule has 1 heterocycles. The Kier molecular flexibility index (Phi) is 8.47. The van der Waals surface area contributed by atoms with Gasteiger partial charge in [-0.3, -0.25) is 4.79 Å². The first-order valence-electron chi connectivity index (χ1n) is 11.6. The lowest BCUT2D eigenvalue weighted by Gasteiger charge is -2.46. The molecule has 6 nitrogen and oxygen atoms in total. The van der Waals surface area contributed by atoms with Gasteiger partial charge in [0.2, 0.25) is 0 Å². The van der Waals surface area contributed by atoms with Crippen LogP contribution >= 0.6 is 0 Å². The Morgan fingerprint density at radius 3 is 2.44 bits per heavy atom. The van der Waals surface area contributed by atoms with Crippen molar-refractivity contribution in [1.82, 2.24) is 4.90 Å². The second kappa shape index (κ2) is 11.3. The van der Waals surface area contributed by atoms with Gasteiger partial charge in [-0.2, -0.15) is 0 Å². The average molecular weight is 502 g/mol. The molecule has 1 amide bonds. The molecular formula is C27H30F3N3O3. The number of nitrogens with zero attached hydrogens (tertiary/aromatic N) is 1. The molecule has 192 valence electrons. The Balaban J connectivity index is 0.00000176. The van der Waals surface area contributed by atoms with E-state index in [1.165, 1.54) is 17.0 Å². The summed E-state index contributed by atoms with van der Waals surface area (Å²) in [7, 11) is 1.55. The number of hydrogen-bond donors (Lipinski definition) is 3. The van der Waals surface area contributed by atoms with Crippen LogP contribution < -0.4 is 15.4 Å². The van der Waals surface area contributed by atoms with Crippen LogP contribution in [0.2, 0.25) is 0 Å². The molecule has 3 aromatic rings. The van der Waals surface area contributed by atoms with Gasteiger partial charge in [0.1, 0.15) is 17.2 Å². The lowest BCUT2D eigenvalue weighted by molar-refractivity contribution is -0.0706. The Morgan fingerprint density at radius 1 is 1.06 bits per heavy atom. The number of nitrogens with one attached hydrogen (secondary N) is 2. The number of amides is 1. The molecule has 0 atom stereocenters. The van der Waals surface area contributed by atoms with Crippen molar-refractivity contribution in [1.29, 1.82) is 0 Å². The highest BCUT2D eigenvalue weighted by molar-refractivity contribution is 6.01. The smallest absolute Gasteiger partial charge is 0.256 e. The van der Waals surface area contributed by atoms with E-state index in [0.717, 1.165) is 17.8 Å². The summed E-state index contributed by atoms with van der Waals surface area (Å²) in [5.74, 6) is -3.08. The number of rotatable bonds is 7. The molecule has 1 saturated heterocycles. The monoisotopic (exact) mass is 501 g/mol. The van der Waals surface area contributed by atoms with Crippen LogP contribution in [0.25, 0.3) is 0 Å². The number of anilines is 3. The van der Waals surface area contributed by atoms with Crippen LogP contribution in [0.1, 0.15) is 29.8 Å².